The normalized spacial score (nSPS) is 15.0. The van der Waals surface area contributed by atoms with Gasteiger partial charge in [0.1, 0.15) is 23.5 Å². The first-order valence-electron chi connectivity index (χ1n) is 9.58. The third-order valence-corrected chi connectivity index (χ3v) is 5.48. The van der Waals surface area contributed by atoms with E-state index in [0.717, 1.165) is 31.7 Å². The molecule has 0 atom stereocenters. The SMILES string of the molecule is N/N=C(\NN)c1cc2occ(C(=O)Nc3ccc(C4CCCC4)c(F)c3)c2cc1F. The molecule has 2 aromatic carbocycles. The van der Waals surface area contributed by atoms with Crippen molar-refractivity contribution in [3.63, 3.8) is 0 Å². The summed E-state index contributed by atoms with van der Waals surface area (Å²) in [4.78, 5) is 12.7. The molecule has 156 valence electrons. The second kappa shape index (κ2) is 8.11. The van der Waals surface area contributed by atoms with Crippen LogP contribution in [0.2, 0.25) is 0 Å². The van der Waals surface area contributed by atoms with Crippen LogP contribution in [0, 0.1) is 11.6 Å². The number of halogens is 2. The van der Waals surface area contributed by atoms with Crippen LogP contribution in [0.25, 0.3) is 11.0 Å². The van der Waals surface area contributed by atoms with Crippen molar-refractivity contribution in [3.05, 3.63) is 64.9 Å². The van der Waals surface area contributed by atoms with E-state index in [1.165, 1.54) is 18.4 Å². The van der Waals surface area contributed by atoms with Crippen molar-refractivity contribution >= 4 is 28.4 Å². The lowest BCUT2D eigenvalue weighted by molar-refractivity contribution is 0.102. The van der Waals surface area contributed by atoms with Crippen LogP contribution in [0.4, 0.5) is 14.5 Å². The van der Waals surface area contributed by atoms with Gasteiger partial charge in [0.2, 0.25) is 0 Å². The van der Waals surface area contributed by atoms with Gasteiger partial charge < -0.3 is 21.0 Å². The number of carbonyl (C=O) groups excluding carboxylic acids is 1. The van der Waals surface area contributed by atoms with Crippen LogP contribution < -0.4 is 22.4 Å². The number of carbonyl (C=O) groups is 1. The van der Waals surface area contributed by atoms with Gasteiger partial charge in [0.15, 0.2) is 5.84 Å². The van der Waals surface area contributed by atoms with E-state index in [4.69, 9.17) is 16.1 Å². The Bertz CT molecular complexity index is 1140. The summed E-state index contributed by atoms with van der Waals surface area (Å²) in [5, 5.41) is 6.26. The standard InChI is InChI=1S/C21H21F2N5O2/c22-17-7-12(5-6-13(17)11-3-1-2-4-11)26-21(29)16-10-30-19-9-15(20(27-24)28-25)18(23)8-14(16)19/h5-11H,1-4,24-25H2,(H,26,29)(H,27,28). The fraction of sp³-hybridized carbons (Fsp3) is 0.238. The summed E-state index contributed by atoms with van der Waals surface area (Å²) in [6.45, 7) is 0. The summed E-state index contributed by atoms with van der Waals surface area (Å²) < 4.78 is 34.4. The Kier molecular flexibility index (Phi) is 5.37. The zero-order valence-corrected chi connectivity index (χ0v) is 16.0. The van der Waals surface area contributed by atoms with Crippen molar-refractivity contribution < 1.29 is 18.0 Å². The molecule has 1 aliphatic rings. The zero-order valence-electron chi connectivity index (χ0n) is 16.0. The molecule has 1 heterocycles. The number of hydrazone groups is 1. The molecule has 0 spiro atoms. The van der Waals surface area contributed by atoms with Gasteiger partial charge in [-0.3, -0.25) is 4.79 Å². The van der Waals surface area contributed by atoms with Gasteiger partial charge in [0.05, 0.1) is 11.1 Å². The first-order chi connectivity index (χ1) is 14.5. The smallest absolute Gasteiger partial charge is 0.259 e. The lowest BCUT2D eigenvalue weighted by Gasteiger charge is -2.12. The third-order valence-electron chi connectivity index (χ3n) is 5.48. The predicted molar refractivity (Wildman–Crippen MR) is 110 cm³/mol. The van der Waals surface area contributed by atoms with E-state index in [2.05, 4.69) is 15.8 Å². The number of amidine groups is 1. The number of furan rings is 1. The topological polar surface area (TPSA) is 119 Å². The number of nitrogens with two attached hydrogens (primary N) is 2. The van der Waals surface area contributed by atoms with Gasteiger partial charge >= 0.3 is 0 Å². The summed E-state index contributed by atoms with van der Waals surface area (Å²) >= 11 is 0. The van der Waals surface area contributed by atoms with E-state index in [0.29, 0.717) is 11.3 Å². The van der Waals surface area contributed by atoms with Gasteiger partial charge in [-0.05, 0) is 48.6 Å². The van der Waals surface area contributed by atoms with Crippen molar-refractivity contribution in [1.29, 1.82) is 0 Å². The highest BCUT2D eigenvalue weighted by atomic mass is 19.1. The Labute approximate surface area is 171 Å². The number of nitrogens with zero attached hydrogens (tertiary/aromatic N) is 1. The number of nitrogens with one attached hydrogen (secondary N) is 2. The zero-order chi connectivity index (χ0) is 21.3. The number of amides is 1. The number of hydrazine groups is 1. The monoisotopic (exact) mass is 413 g/mol. The van der Waals surface area contributed by atoms with Crippen LogP contribution >= 0.6 is 0 Å². The molecular weight excluding hydrogens is 392 g/mol. The minimum atomic E-state index is -0.688. The molecule has 6 N–H and O–H groups in total. The van der Waals surface area contributed by atoms with Crippen LogP contribution in [0.1, 0.15) is 53.1 Å². The third kappa shape index (κ3) is 3.59. The minimum Gasteiger partial charge on any atom is -0.463 e. The Morgan fingerprint density at radius 2 is 1.87 bits per heavy atom. The first-order valence-corrected chi connectivity index (χ1v) is 9.58. The lowest BCUT2D eigenvalue weighted by atomic mass is 9.97. The van der Waals surface area contributed by atoms with E-state index in [1.54, 1.807) is 12.1 Å². The van der Waals surface area contributed by atoms with Gasteiger partial charge in [0, 0.05) is 11.1 Å². The summed E-state index contributed by atoms with van der Waals surface area (Å²) in [6.07, 6.45) is 5.38. The van der Waals surface area contributed by atoms with Crippen molar-refractivity contribution in [2.45, 2.75) is 31.6 Å². The highest BCUT2D eigenvalue weighted by Gasteiger charge is 2.22. The Hall–Kier alpha value is -3.46. The van der Waals surface area contributed by atoms with Crippen molar-refractivity contribution in [2.75, 3.05) is 5.32 Å². The molecule has 0 bridgehead atoms. The van der Waals surface area contributed by atoms with E-state index in [-0.39, 0.29) is 39.7 Å². The summed E-state index contributed by atoms with van der Waals surface area (Å²) in [6, 6.07) is 7.17. The Balaban J connectivity index is 1.59. The number of anilines is 1. The van der Waals surface area contributed by atoms with Gasteiger partial charge in [0.25, 0.3) is 5.91 Å². The van der Waals surface area contributed by atoms with Crippen LogP contribution in [0.15, 0.2) is 46.1 Å². The van der Waals surface area contributed by atoms with E-state index < -0.39 is 11.7 Å². The quantitative estimate of drug-likeness (QED) is 0.225. The van der Waals surface area contributed by atoms with Crippen LogP contribution in [-0.4, -0.2) is 11.7 Å². The van der Waals surface area contributed by atoms with Gasteiger partial charge in [-0.25, -0.2) is 14.6 Å². The second-order valence-electron chi connectivity index (χ2n) is 7.27. The largest absolute Gasteiger partial charge is 0.463 e. The molecule has 4 rings (SSSR count). The maximum absolute atomic E-state index is 14.5. The molecule has 30 heavy (non-hydrogen) atoms. The molecule has 3 aromatic rings. The molecule has 0 radical (unpaired) electrons. The Morgan fingerprint density at radius 1 is 1.10 bits per heavy atom. The van der Waals surface area contributed by atoms with Gasteiger partial charge in [-0.15, -0.1) is 0 Å². The number of fused-ring (bicyclic) bond motifs is 1. The molecule has 0 unspecified atom stereocenters. The van der Waals surface area contributed by atoms with Gasteiger partial charge in [-0.1, -0.05) is 18.9 Å². The molecule has 1 amide bonds. The van der Waals surface area contributed by atoms with Crippen molar-refractivity contribution in [1.82, 2.24) is 5.43 Å². The van der Waals surface area contributed by atoms with Crippen LogP contribution in [-0.2, 0) is 0 Å². The van der Waals surface area contributed by atoms with E-state index in [9.17, 15) is 13.6 Å². The molecule has 0 saturated heterocycles. The molecule has 1 saturated carbocycles. The van der Waals surface area contributed by atoms with Gasteiger partial charge in [-0.2, -0.15) is 5.10 Å². The van der Waals surface area contributed by atoms with Crippen molar-refractivity contribution in [3.8, 4) is 0 Å². The fourth-order valence-electron chi connectivity index (χ4n) is 3.96. The maximum atomic E-state index is 14.5. The fourth-order valence-corrected chi connectivity index (χ4v) is 3.96. The summed E-state index contributed by atoms with van der Waals surface area (Å²) in [5.41, 5.74) is 3.55. The first kappa shape index (κ1) is 19.8. The molecule has 1 fully saturated rings. The number of rotatable bonds is 4. The predicted octanol–water partition coefficient (Wildman–Crippen LogP) is 3.70. The summed E-state index contributed by atoms with van der Waals surface area (Å²) in [5.74, 6) is 9.05. The summed E-state index contributed by atoms with van der Waals surface area (Å²) in [7, 11) is 0. The van der Waals surface area contributed by atoms with E-state index >= 15 is 0 Å². The number of hydrogen-bond acceptors (Lipinski definition) is 5. The van der Waals surface area contributed by atoms with Crippen molar-refractivity contribution in [2.24, 2.45) is 16.8 Å². The minimum absolute atomic E-state index is 0.00150. The maximum Gasteiger partial charge on any atom is 0.259 e. The molecule has 0 aliphatic heterocycles. The number of hydrogen-bond donors (Lipinski definition) is 4. The average Bonchev–Trinajstić information content (AvgIpc) is 3.39. The van der Waals surface area contributed by atoms with Crippen LogP contribution in [0.3, 0.4) is 0 Å². The van der Waals surface area contributed by atoms with E-state index in [1.807, 2.05) is 0 Å². The lowest BCUT2D eigenvalue weighted by Crippen LogP contribution is -2.32. The van der Waals surface area contributed by atoms with Crippen LogP contribution in [0.5, 0.6) is 0 Å². The molecular formula is C21H21F2N5O2. The average molecular weight is 413 g/mol. The molecule has 7 nitrogen and oxygen atoms in total. The highest BCUT2D eigenvalue weighted by molar-refractivity contribution is 6.13. The Morgan fingerprint density at radius 3 is 2.53 bits per heavy atom. The molecule has 9 heteroatoms. The molecule has 1 aromatic heterocycles. The highest BCUT2D eigenvalue weighted by Crippen LogP contribution is 2.36. The molecule has 1 aliphatic carbocycles. The number of benzene rings is 2. The second-order valence-corrected chi connectivity index (χ2v) is 7.27.